The van der Waals surface area contributed by atoms with Crippen molar-refractivity contribution < 1.29 is 13.9 Å². The molecule has 0 aliphatic heterocycles. The zero-order chi connectivity index (χ0) is 9.97. The van der Waals surface area contributed by atoms with Crippen molar-refractivity contribution in [1.82, 2.24) is 4.98 Å². The van der Waals surface area contributed by atoms with Gasteiger partial charge in [0.1, 0.15) is 5.56 Å². The number of rotatable bonds is 2. The van der Waals surface area contributed by atoms with E-state index in [1.54, 1.807) is 19.2 Å². The van der Waals surface area contributed by atoms with Crippen molar-refractivity contribution in [1.29, 1.82) is 0 Å². The lowest BCUT2D eigenvalue weighted by atomic mass is 10.2. The van der Waals surface area contributed by atoms with E-state index in [0.717, 1.165) is 5.39 Å². The molecule has 4 heteroatoms. The van der Waals surface area contributed by atoms with Gasteiger partial charge in [-0.25, -0.2) is 4.79 Å². The number of aromatic nitrogens is 1. The predicted octanol–water partition coefficient (Wildman–Crippen LogP) is 2.00. The van der Waals surface area contributed by atoms with Crippen molar-refractivity contribution in [2.45, 2.75) is 6.92 Å². The Morgan fingerprint density at radius 3 is 3.21 bits per heavy atom. The van der Waals surface area contributed by atoms with Crippen molar-refractivity contribution in [3.63, 3.8) is 0 Å². The molecule has 0 amide bonds. The molecule has 0 unspecified atom stereocenters. The number of ether oxygens (including phenoxy) is 1. The van der Waals surface area contributed by atoms with Gasteiger partial charge in [-0.1, -0.05) is 0 Å². The second kappa shape index (κ2) is 3.49. The average molecular weight is 191 g/mol. The maximum absolute atomic E-state index is 11.4. The Hall–Kier alpha value is -1.84. The largest absolute Gasteiger partial charge is 0.463 e. The van der Waals surface area contributed by atoms with Crippen molar-refractivity contribution >= 4 is 16.9 Å². The van der Waals surface area contributed by atoms with Gasteiger partial charge in [0.15, 0.2) is 5.58 Å². The number of fused-ring (bicyclic) bond motifs is 1. The van der Waals surface area contributed by atoms with Crippen molar-refractivity contribution in [3.05, 3.63) is 30.3 Å². The summed E-state index contributed by atoms with van der Waals surface area (Å²) in [6, 6.07) is 1.76. The zero-order valence-corrected chi connectivity index (χ0v) is 7.69. The molecule has 2 rings (SSSR count). The van der Waals surface area contributed by atoms with Gasteiger partial charge in [0.2, 0.25) is 0 Å². The van der Waals surface area contributed by atoms with Crippen LogP contribution >= 0.6 is 0 Å². The second-order valence-corrected chi connectivity index (χ2v) is 2.75. The predicted molar refractivity (Wildman–Crippen MR) is 50.0 cm³/mol. The third-order valence-electron chi connectivity index (χ3n) is 1.85. The summed E-state index contributed by atoms with van der Waals surface area (Å²) >= 11 is 0. The van der Waals surface area contributed by atoms with Gasteiger partial charge in [0.25, 0.3) is 0 Å². The monoisotopic (exact) mass is 191 g/mol. The molecule has 4 nitrogen and oxygen atoms in total. The van der Waals surface area contributed by atoms with Gasteiger partial charge in [-0.3, -0.25) is 4.98 Å². The summed E-state index contributed by atoms with van der Waals surface area (Å²) in [5, 5.41) is 0.801. The molecule has 0 aliphatic carbocycles. The van der Waals surface area contributed by atoms with Crippen LogP contribution in [-0.4, -0.2) is 17.6 Å². The molecule has 0 atom stereocenters. The lowest BCUT2D eigenvalue weighted by Gasteiger charge is -2.00. The highest BCUT2D eigenvalue weighted by Crippen LogP contribution is 2.18. The van der Waals surface area contributed by atoms with Crippen LogP contribution in [0.2, 0.25) is 0 Å². The third kappa shape index (κ3) is 1.35. The average Bonchev–Trinajstić information content (AvgIpc) is 2.65. The van der Waals surface area contributed by atoms with Crippen LogP contribution in [0.3, 0.4) is 0 Å². The molecule has 0 saturated carbocycles. The Morgan fingerprint density at radius 2 is 2.43 bits per heavy atom. The summed E-state index contributed by atoms with van der Waals surface area (Å²) < 4.78 is 10.0. The van der Waals surface area contributed by atoms with E-state index in [2.05, 4.69) is 4.98 Å². The quantitative estimate of drug-likeness (QED) is 0.681. The molecule has 2 aromatic rings. The number of furan rings is 1. The molecule has 72 valence electrons. The van der Waals surface area contributed by atoms with Crippen LogP contribution < -0.4 is 0 Å². The third-order valence-corrected chi connectivity index (χ3v) is 1.85. The standard InChI is InChI=1S/C10H9NO3/c1-2-13-10(12)8-6-11-5-7-3-4-14-9(7)8/h3-6H,2H2,1H3. The summed E-state index contributed by atoms with van der Waals surface area (Å²) in [6.07, 6.45) is 4.61. The number of pyridine rings is 1. The topological polar surface area (TPSA) is 52.3 Å². The Bertz CT molecular complexity index is 461. The number of hydrogen-bond donors (Lipinski definition) is 0. The lowest BCUT2D eigenvalue weighted by Crippen LogP contribution is -2.05. The van der Waals surface area contributed by atoms with E-state index in [0.29, 0.717) is 17.8 Å². The molecule has 2 heterocycles. The van der Waals surface area contributed by atoms with Crippen LogP contribution in [0, 0.1) is 0 Å². The first-order valence-electron chi connectivity index (χ1n) is 4.31. The fourth-order valence-electron chi connectivity index (χ4n) is 1.24. The van der Waals surface area contributed by atoms with Gasteiger partial charge in [0, 0.05) is 17.8 Å². The van der Waals surface area contributed by atoms with Crippen molar-refractivity contribution in [2.75, 3.05) is 6.61 Å². The first-order chi connectivity index (χ1) is 6.83. The molecule has 0 radical (unpaired) electrons. The highest BCUT2D eigenvalue weighted by atomic mass is 16.5. The summed E-state index contributed by atoms with van der Waals surface area (Å²) in [5.41, 5.74) is 0.896. The van der Waals surface area contributed by atoms with Crippen LogP contribution in [0.1, 0.15) is 17.3 Å². The van der Waals surface area contributed by atoms with E-state index in [4.69, 9.17) is 9.15 Å². The normalized spacial score (nSPS) is 10.4. The molecule has 0 aromatic carbocycles. The lowest BCUT2D eigenvalue weighted by molar-refractivity contribution is 0.0527. The Labute approximate surface area is 80.5 Å². The van der Waals surface area contributed by atoms with Gasteiger partial charge in [-0.05, 0) is 13.0 Å². The number of carbonyl (C=O) groups is 1. The maximum Gasteiger partial charge on any atom is 0.343 e. The van der Waals surface area contributed by atoms with Crippen LogP contribution in [0.25, 0.3) is 11.0 Å². The van der Waals surface area contributed by atoms with Crippen LogP contribution in [0.15, 0.2) is 29.1 Å². The second-order valence-electron chi connectivity index (χ2n) is 2.75. The molecular weight excluding hydrogens is 182 g/mol. The fourth-order valence-corrected chi connectivity index (χ4v) is 1.24. The Balaban J connectivity index is 2.50. The van der Waals surface area contributed by atoms with E-state index >= 15 is 0 Å². The number of hydrogen-bond acceptors (Lipinski definition) is 4. The van der Waals surface area contributed by atoms with Crippen molar-refractivity contribution in [3.8, 4) is 0 Å². The number of carbonyl (C=O) groups excluding carboxylic acids is 1. The summed E-state index contributed by atoms with van der Waals surface area (Å²) in [7, 11) is 0. The summed E-state index contributed by atoms with van der Waals surface area (Å²) in [5.74, 6) is -0.402. The maximum atomic E-state index is 11.4. The molecule has 14 heavy (non-hydrogen) atoms. The Kier molecular flexibility index (Phi) is 2.18. The highest BCUT2D eigenvalue weighted by Gasteiger charge is 2.13. The minimum absolute atomic E-state index is 0.343. The van der Waals surface area contributed by atoms with Gasteiger partial charge in [0.05, 0.1) is 12.9 Å². The SMILES string of the molecule is CCOC(=O)c1cncc2ccoc12. The highest BCUT2D eigenvalue weighted by molar-refractivity contribution is 6.01. The van der Waals surface area contributed by atoms with Gasteiger partial charge >= 0.3 is 5.97 Å². The van der Waals surface area contributed by atoms with Gasteiger partial charge in [-0.2, -0.15) is 0 Å². The smallest absolute Gasteiger partial charge is 0.343 e. The number of nitrogens with zero attached hydrogens (tertiary/aromatic N) is 1. The van der Waals surface area contributed by atoms with E-state index < -0.39 is 5.97 Å². The minimum Gasteiger partial charge on any atom is -0.463 e. The summed E-state index contributed by atoms with van der Waals surface area (Å²) in [6.45, 7) is 2.10. The molecule has 0 bridgehead atoms. The molecule has 0 aliphatic rings. The fraction of sp³-hybridized carbons (Fsp3) is 0.200. The van der Waals surface area contributed by atoms with Crippen LogP contribution in [0.5, 0.6) is 0 Å². The number of esters is 1. The molecule has 0 N–H and O–H groups in total. The van der Waals surface area contributed by atoms with E-state index in [1.165, 1.54) is 12.5 Å². The first-order valence-corrected chi connectivity index (χ1v) is 4.31. The van der Waals surface area contributed by atoms with Gasteiger partial charge < -0.3 is 9.15 Å². The van der Waals surface area contributed by atoms with E-state index in [-0.39, 0.29) is 0 Å². The van der Waals surface area contributed by atoms with Crippen LogP contribution in [0.4, 0.5) is 0 Å². The van der Waals surface area contributed by atoms with Crippen molar-refractivity contribution in [2.24, 2.45) is 0 Å². The molecule has 0 fully saturated rings. The van der Waals surface area contributed by atoms with E-state index in [1.807, 2.05) is 0 Å². The Morgan fingerprint density at radius 1 is 1.57 bits per heavy atom. The molecule has 0 spiro atoms. The molecule has 2 aromatic heterocycles. The van der Waals surface area contributed by atoms with Crippen LogP contribution in [-0.2, 0) is 4.74 Å². The molecular formula is C10H9NO3. The zero-order valence-electron chi connectivity index (χ0n) is 7.69. The van der Waals surface area contributed by atoms with Gasteiger partial charge in [-0.15, -0.1) is 0 Å². The summed E-state index contributed by atoms with van der Waals surface area (Å²) in [4.78, 5) is 15.4. The molecule has 0 saturated heterocycles. The first kappa shape index (κ1) is 8.74. The van der Waals surface area contributed by atoms with E-state index in [9.17, 15) is 4.79 Å². The minimum atomic E-state index is -0.402.